The summed E-state index contributed by atoms with van der Waals surface area (Å²) in [5, 5.41) is 10.4. The van der Waals surface area contributed by atoms with Crippen molar-refractivity contribution < 1.29 is 9.90 Å². The molecule has 0 radical (unpaired) electrons. The number of carbonyl (C=O) groups is 1. The van der Waals surface area contributed by atoms with Crippen LogP contribution < -0.4 is 0 Å². The highest BCUT2D eigenvalue weighted by Gasteiger charge is 2.57. The lowest BCUT2D eigenvalue weighted by molar-refractivity contribution is -0.131. The van der Waals surface area contributed by atoms with E-state index in [0.29, 0.717) is 6.42 Å². The molecule has 1 aliphatic carbocycles. The fourth-order valence-electron chi connectivity index (χ4n) is 2.73. The first-order valence-corrected chi connectivity index (χ1v) is 9.29. The largest absolute Gasteiger partial charge is 0.393 e. The lowest BCUT2D eigenvalue weighted by Gasteiger charge is -2.53. The number of ketones is 1. The Morgan fingerprint density at radius 3 is 2.31 bits per heavy atom. The fraction of sp³-hybridized carbons (Fsp3) is 0.923. The molecule has 0 amide bonds. The Bertz CT molecular complexity index is 291. The molecule has 3 heteroatoms. The summed E-state index contributed by atoms with van der Waals surface area (Å²) in [5.41, 5.74) is 0. The van der Waals surface area contributed by atoms with E-state index in [-0.39, 0.29) is 16.7 Å². The maximum Gasteiger partial charge on any atom is 0.138 e. The number of Topliss-reactive ketones (excluding diaryl/α,β-unsaturated/α-hetero) is 1. The summed E-state index contributed by atoms with van der Waals surface area (Å²) in [6, 6.07) is 0. The lowest BCUT2D eigenvalue weighted by Crippen LogP contribution is -2.65. The van der Waals surface area contributed by atoms with Gasteiger partial charge in [0.25, 0.3) is 0 Å². The fourth-order valence-corrected chi connectivity index (χ4v) is 6.08. The minimum atomic E-state index is -1.90. The van der Waals surface area contributed by atoms with Gasteiger partial charge in [0.15, 0.2) is 0 Å². The Labute approximate surface area is 100 Å². The number of carbonyl (C=O) groups excluding carboxylic acids is 1. The molecule has 1 rings (SSSR count). The van der Waals surface area contributed by atoms with Gasteiger partial charge in [0, 0.05) is 12.3 Å². The van der Waals surface area contributed by atoms with E-state index in [1.807, 2.05) is 6.92 Å². The normalized spacial score (nSPS) is 32.9. The van der Waals surface area contributed by atoms with Gasteiger partial charge in [-0.1, -0.05) is 40.8 Å². The van der Waals surface area contributed by atoms with Crippen molar-refractivity contribution in [3.05, 3.63) is 0 Å². The second kappa shape index (κ2) is 3.95. The maximum atomic E-state index is 11.8. The Morgan fingerprint density at radius 2 is 1.88 bits per heavy atom. The summed E-state index contributed by atoms with van der Waals surface area (Å²) in [6.07, 6.45) is 2.31. The van der Waals surface area contributed by atoms with Crippen molar-refractivity contribution in [3.63, 3.8) is 0 Å². The summed E-state index contributed by atoms with van der Waals surface area (Å²) in [7, 11) is -1.90. The monoisotopic (exact) mass is 242 g/mol. The Kier molecular flexibility index (Phi) is 3.43. The third-order valence-electron chi connectivity index (χ3n) is 5.14. The van der Waals surface area contributed by atoms with E-state index >= 15 is 0 Å². The standard InChI is InChI=1S/C13H26O2Si/c1-10-11(14)8-7-9-13(10,15)16(5,6)12(2,3)4/h10,15H,7-9H2,1-6H3. The number of rotatable bonds is 1. The van der Waals surface area contributed by atoms with Gasteiger partial charge in [0.1, 0.15) is 5.78 Å². The van der Waals surface area contributed by atoms with E-state index in [4.69, 9.17) is 0 Å². The van der Waals surface area contributed by atoms with Crippen molar-refractivity contribution in [3.8, 4) is 0 Å². The number of aliphatic hydroxyl groups is 1. The van der Waals surface area contributed by atoms with Crippen molar-refractivity contribution >= 4 is 13.9 Å². The van der Waals surface area contributed by atoms with E-state index in [2.05, 4.69) is 33.9 Å². The Morgan fingerprint density at radius 1 is 1.38 bits per heavy atom. The molecule has 1 N–H and O–H groups in total. The van der Waals surface area contributed by atoms with Crippen molar-refractivity contribution in [2.45, 2.75) is 70.3 Å². The topological polar surface area (TPSA) is 37.3 Å². The van der Waals surface area contributed by atoms with Crippen molar-refractivity contribution in [2.24, 2.45) is 5.92 Å². The van der Waals surface area contributed by atoms with Crippen molar-refractivity contribution in [1.29, 1.82) is 0 Å². The van der Waals surface area contributed by atoms with Gasteiger partial charge in [0.05, 0.1) is 13.3 Å². The predicted molar refractivity (Wildman–Crippen MR) is 70.2 cm³/mol. The van der Waals surface area contributed by atoms with Crippen LogP contribution in [0, 0.1) is 5.92 Å². The molecule has 1 saturated carbocycles. The molecule has 0 aromatic carbocycles. The Hall–Kier alpha value is -0.153. The molecule has 16 heavy (non-hydrogen) atoms. The van der Waals surface area contributed by atoms with Gasteiger partial charge in [-0.05, 0) is 17.9 Å². The quantitative estimate of drug-likeness (QED) is 0.717. The van der Waals surface area contributed by atoms with Crippen LogP contribution in [0.3, 0.4) is 0 Å². The molecule has 94 valence electrons. The first kappa shape index (κ1) is 13.9. The molecule has 2 nitrogen and oxygen atoms in total. The van der Waals surface area contributed by atoms with Crippen LogP contribution in [0.25, 0.3) is 0 Å². The molecule has 2 atom stereocenters. The second-order valence-electron chi connectivity index (χ2n) is 6.84. The predicted octanol–water partition coefficient (Wildman–Crippen LogP) is 3.15. The summed E-state index contributed by atoms with van der Waals surface area (Å²) in [5.74, 6) is 0.0701. The molecule has 0 spiro atoms. The van der Waals surface area contributed by atoms with Crippen LogP contribution in [0.1, 0.15) is 47.0 Å². The molecule has 0 heterocycles. The van der Waals surface area contributed by atoms with Crippen molar-refractivity contribution in [2.75, 3.05) is 0 Å². The van der Waals surface area contributed by atoms with Crippen LogP contribution >= 0.6 is 0 Å². The second-order valence-corrected chi connectivity index (χ2v) is 12.5. The molecular weight excluding hydrogens is 216 g/mol. The molecule has 0 saturated heterocycles. The maximum absolute atomic E-state index is 11.8. The molecule has 2 unspecified atom stereocenters. The smallest absolute Gasteiger partial charge is 0.138 e. The van der Waals surface area contributed by atoms with E-state index in [9.17, 15) is 9.90 Å². The first-order valence-electron chi connectivity index (χ1n) is 6.29. The highest BCUT2D eigenvalue weighted by Crippen LogP contribution is 2.49. The van der Waals surface area contributed by atoms with E-state index in [0.717, 1.165) is 12.8 Å². The zero-order valence-corrected chi connectivity index (χ0v) is 12.6. The van der Waals surface area contributed by atoms with Gasteiger partial charge >= 0.3 is 0 Å². The molecule has 1 fully saturated rings. The van der Waals surface area contributed by atoms with Gasteiger partial charge in [0.2, 0.25) is 0 Å². The zero-order valence-electron chi connectivity index (χ0n) is 11.6. The third kappa shape index (κ3) is 1.88. The SMILES string of the molecule is CC1C(=O)CCCC1(O)[Si](C)(C)C(C)(C)C. The van der Waals surface area contributed by atoms with Gasteiger partial charge in [-0.15, -0.1) is 0 Å². The van der Waals surface area contributed by atoms with E-state index in [1.165, 1.54) is 0 Å². The van der Waals surface area contributed by atoms with Crippen LogP contribution in [-0.2, 0) is 4.79 Å². The van der Waals surface area contributed by atoms with Crippen LogP contribution in [0.2, 0.25) is 18.1 Å². The van der Waals surface area contributed by atoms with E-state index in [1.54, 1.807) is 0 Å². The average molecular weight is 242 g/mol. The molecule has 0 aromatic rings. The minimum absolute atomic E-state index is 0.119. The third-order valence-corrected chi connectivity index (χ3v) is 11.7. The van der Waals surface area contributed by atoms with Crippen LogP contribution in [0.5, 0.6) is 0 Å². The first-order chi connectivity index (χ1) is 7.04. The van der Waals surface area contributed by atoms with Crippen molar-refractivity contribution in [1.82, 2.24) is 0 Å². The summed E-state index contributed by atoms with van der Waals surface area (Å²) < 4.78 is 0. The molecule has 0 aromatic heterocycles. The van der Waals surface area contributed by atoms with Crippen LogP contribution in [0.15, 0.2) is 0 Å². The minimum Gasteiger partial charge on any atom is -0.393 e. The zero-order chi connectivity index (χ0) is 12.8. The van der Waals surface area contributed by atoms with Crippen LogP contribution in [-0.4, -0.2) is 24.2 Å². The summed E-state index contributed by atoms with van der Waals surface area (Å²) >= 11 is 0. The molecule has 0 aliphatic heterocycles. The summed E-state index contributed by atoms with van der Waals surface area (Å²) in [6.45, 7) is 13.0. The average Bonchev–Trinajstić information content (AvgIpc) is 2.12. The highest BCUT2D eigenvalue weighted by molar-refractivity contribution is 6.83. The van der Waals surface area contributed by atoms with Crippen LogP contribution in [0.4, 0.5) is 0 Å². The number of hydrogen-bond acceptors (Lipinski definition) is 2. The van der Waals surface area contributed by atoms with Gasteiger partial charge in [-0.2, -0.15) is 0 Å². The highest BCUT2D eigenvalue weighted by atomic mass is 28.3. The summed E-state index contributed by atoms with van der Waals surface area (Å²) in [4.78, 5) is 11.8. The van der Waals surface area contributed by atoms with E-state index < -0.39 is 13.3 Å². The van der Waals surface area contributed by atoms with Gasteiger partial charge in [-0.25, -0.2) is 0 Å². The van der Waals surface area contributed by atoms with Gasteiger partial charge < -0.3 is 5.11 Å². The van der Waals surface area contributed by atoms with Gasteiger partial charge in [-0.3, -0.25) is 4.79 Å². The Balaban J connectivity index is 3.13. The molecular formula is C13H26O2Si. The molecule has 0 bridgehead atoms. The number of hydrogen-bond donors (Lipinski definition) is 1. The lowest BCUT2D eigenvalue weighted by atomic mass is 9.86. The molecule has 1 aliphatic rings.